The normalized spacial score (nSPS) is 10.3. The van der Waals surface area contributed by atoms with Crippen LogP contribution in [0.25, 0.3) is 0 Å². The topological polar surface area (TPSA) is 64.3 Å². The molecule has 0 saturated carbocycles. The van der Waals surface area contributed by atoms with E-state index in [1.807, 2.05) is 23.6 Å². The SMILES string of the molecule is NNC(=O)c1ccc(F)c(COc2c(Br)cccc2Br)c1. The first-order valence-corrected chi connectivity index (χ1v) is 7.47. The number of para-hydroxylation sites is 1. The molecule has 2 aromatic rings. The molecule has 0 bridgehead atoms. The quantitative estimate of drug-likeness (QED) is 0.454. The molecule has 3 N–H and O–H groups in total. The summed E-state index contributed by atoms with van der Waals surface area (Å²) in [6.45, 7) is -0.0151. The molecular formula is C14H11Br2FN2O2. The zero-order valence-corrected chi connectivity index (χ0v) is 13.9. The van der Waals surface area contributed by atoms with Crippen molar-refractivity contribution in [2.75, 3.05) is 0 Å². The molecule has 4 nitrogen and oxygen atoms in total. The molecule has 0 spiro atoms. The molecule has 2 aromatic carbocycles. The van der Waals surface area contributed by atoms with Crippen molar-refractivity contribution in [3.63, 3.8) is 0 Å². The van der Waals surface area contributed by atoms with Gasteiger partial charge in [-0.25, -0.2) is 10.2 Å². The number of nitrogen functional groups attached to an aromatic ring is 1. The third kappa shape index (κ3) is 3.81. The van der Waals surface area contributed by atoms with Crippen LogP contribution in [0.4, 0.5) is 4.39 Å². The maximum atomic E-state index is 13.8. The first kappa shape index (κ1) is 15.9. The lowest BCUT2D eigenvalue weighted by Crippen LogP contribution is -2.30. The van der Waals surface area contributed by atoms with Crippen molar-refractivity contribution in [2.24, 2.45) is 5.84 Å². The number of benzene rings is 2. The predicted octanol–water partition coefficient (Wildman–Crippen LogP) is 3.53. The second-order valence-electron chi connectivity index (χ2n) is 4.12. The van der Waals surface area contributed by atoms with Gasteiger partial charge in [0.2, 0.25) is 0 Å². The third-order valence-corrected chi connectivity index (χ3v) is 3.98. The summed E-state index contributed by atoms with van der Waals surface area (Å²) in [5.74, 6) is 4.68. The Kier molecular flexibility index (Phi) is 5.33. The Bertz CT molecular complexity index is 660. The van der Waals surface area contributed by atoms with E-state index in [0.29, 0.717) is 5.75 Å². The summed E-state index contributed by atoms with van der Waals surface area (Å²) >= 11 is 6.72. The molecule has 0 aliphatic carbocycles. The van der Waals surface area contributed by atoms with E-state index in [9.17, 15) is 9.18 Å². The van der Waals surface area contributed by atoms with Gasteiger partial charge >= 0.3 is 0 Å². The fourth-order valence-corrected chi connectivity index (χ4v) is 2.91. The number of nitrogens with two attached hydrogens (primary N) is 1. The maximum absolute atomic E-state index is 13.8. The van der Waals surface area contributed by atoms with Gasteiger partial charge in [-0.05, 0) is 62.2 Å². The lowest BCUT2D eigenvalue weighted by Gasteiger charge is -2.11. The number of hydrogen-bond acceptors (Lipinski definition) is 3. The summed E-state index contributed by atoms with van der Waals surface area (Å²) in [7, 11) is 0. The molecule has 21 heavy (non-hydrogen) atoms. The molecule has 0 fully saturated rings. The molecular weight excluding hydrogens is 407 g/mol. The smallest absolute Gasteiger partial charge is 0.265 e. The van der Waals surface area contributed by atoms with Crippen molar-refractivity contribution in [3.8, 4) is 5.75 Å². The minimum atomic E-state index is -0.488. The molecule has 0 aliphatic rings. The maximum Gasteiger partial charge on any atom is 0.265 e. The Hall–Kier alpha value is -1.44. The molecule has 0 heterocycles. The highest BCUT2D eigenvalue weighted by Crippen LogP contribution is 2.33. The molecule has 7 heteroatoms. The number of halogens is 3. The van der Waals surface area contributed by atoms with Gasteiger partial charge in [0.05, 0.1) is 8.95 Å². The van der Waals surface area contributed by atoms with Crippen LogP contribution < -0.4 is 16.0 Å². The summed E-state index contributed by atoms with van der Waals surface area (Å²) in [5.41, 5.74) is 2.53. The zero-order chi connectivity index (χ0) is 15.4. The summed E-state index contributed by atoms with van der Waals surface area (Å²) in [6, 6.07) is 9.44. The Balaban J connectivity index is 2.22. The second kappa shape index (κ2) is 7.02. The second-order valence-corrected chi connectivity index (χ2v) is 5.83. The van der Waals surface area contributed by atoms with E-state index in [4.69, 9.17) is 10.6 Å². The lowest BCUT2D eigenvalue weighted by atomic mass is 10.1. The number of ether oxygens (including phenoxy) is 1. The van der Waals surface area contributed by atoms with Crippen molar-refractivity contribution < 1.29 is 13.9 Å². The van der Waals surface area contributed by atoms with E-state index >= 15 is 0 Å². The van der Waals surface area contributed by atoms with Gasteiger partial charge in [-0.3, -0.25) is 10.2 Å². The van der Waals surface area contributed by atoms with Crippen LogP contribution in [-0.4, -0.2) is 5.91 Å². The highest BCUT2D eigenvalue weighted by Gasteiger charge is 2.11. The van der Waals surface area contributed by atoms with Gasteiger partial charge in [-0.1, -0.05) is 6.07 Å². The summed E-state index contributed by atoms with van der Waals surface area (Å²) in [6.07, 6.45) is 0. The van der Waals surface area contributed by atoms with Gasteiger partial charge in [-0.2, -0.15) is 0 Å². The Labute approximate surface area is 137 Å². The van der Waals surface area contributed by atoms with Crippen molar-refractivity contribution in [2.45, 2.75) is 6.61 Å². The van der Waals surface area contributed by atoms with Crippen LogP contribution in [0.2, 0.25) is 0 Å². The number of hydrazine groups is 1. The minimum Gasteiger partial charge on any atom is -0.486 e. The van der Waals surface area contributed by atoms with E-state index in [1.165, 1.54) is 18.2 Å². The third-order valence-electron chi connectivity index (χ3n) is 2.73. The van der Waals surface area contributed by atoms with Crippen molar-refractivity contribution in [3.05, 3.63) is 62.3 Å². The first-order chi connectivity index (χ1) is 10.0. The standard InChI is InChI=1S/C14H11Br2FN2O2/c15-10-2-1-3-11(16)13(10)21-7-9-6-8(14(20)19-18)4-5-12(9)17/h1-6H,7,18H2,(H,19,20). The molecule has 0 aromatic heterocycles. The van der Waals surface area contributed by atoms with Crippen LogP contribution in [0.15, 0.2) is 45.3 Å². The molecule has 110 valence electrons. The molecule has 0 aliphatic heterocycles. The van der Waals surface area contributed by atoms with Crippen LogP contribution in [0, 0.1) is 5.82 Å². The van der Waals surface area contributed by atoms with E-state index < -0.39 is 11.7 Å². The average molecular weight is 418 g/mol. The van der Waals surface area contributed by atoms with E-state index in [1.54, 1.807) is 0 Å². The van der Waals surface area contributed by atoms with Gasteiger partial charge in [0, 0.05) is 11.1 Å². The molecule has 2 rings (SSSR count). The van der Waals surface area contributed by atoms with E-state index in [-0.39, 0.29) is 17.7 Å². The van der Waals surface area contributed by atoms with E-state index in [0.717, 1.165) is 8.95 Å². The number of rotatable bonds is 4. The monoisotopic (exact) mass is 416 g/mol. The Morgan fingerprint density at radius 2 is 1.90 bits per heavy atom. The number of hydrogen-bond donors (Lipinski definition) is 2. The molecule has 0 radical (unpaired) electrons. The summed E-state index contributed by atoms with van der Waals surface area (Å²) < 4.78 is 20.9. The zero-order valence-electron chi connectivity index (χ0n) is 10.7. The minimum absolute atomic E-state index is 0.0151. The molecule has 0 unspecified atom stereocenters. The average Bonchev–Trinajstić information content (AvgIpc) is 2.47. The number of carbonyl (C=O) groups is 1. The molecule has 0 atom stereocenters. The van der Waals surface area contributed by atoms with Crippen molar-refractivity contribution >= 4 is 37.8 Å². The lowest BCUT2D eigenvalue weighted by molar-refractivity contribution is 0.0953. The fraction of sp³-hybridized carbons (Fsp3) is 0.0714. The summed E-state index contributed by atoms with van der Waals surface area (Å²) in [4.78, 5) is 11.4. The van der Waals surface area contributed by atoms with Gasteiger partial charge in [0.15, 0.2) is 0 Å². The van der Waals surface area contributed by atoms with E-state index in [2.05, 4.69) is 31.9 Å². The molecule has 1 amide bonds. The van der Waals surface area contributed by atoms with Gasteiger partial charge in [0.25, 0.3) is 5.91 Å². The fourth-order valence-electron chi connectivity index (χ4n) is 1.68. The Morgan fingerprint density at radius 1 is 1.24 bits per heavy atom. The first-order valence-electron chi connectivity index (χ1n) is 5.89. The van der Waals surface area contributed by atoms with Crippen molar-refractivity contribution in [1.82, 2.24) is 5.43 Å². The Morgan fingerprint density at radius 3 is 2.52 bits per heavy atom. The van der Waals surface area contributed by atoms with Crippen LogP contribution in [0.3, 0.4) is 0 Å². The highest BCUT2D eigenvalue weighted by atomic mass is 79.9. The van der Waals surface area contributed by atoms with Crippen LogP contribution in [-0.2, 0) is 6.61 Å². The number of amides is 1. The number of nitrogens with one attached hydrogen (secondary N) is 1. The van der Waals surface area contributed by atoms with Crippen LogP contribution >= 0.6 is 31.9 Å². The predicted molar refractivity (Wildman–Crippen MR) is 84.2 cm³/mol. The van der Waals surface area contributed by atoms with Gasteiger partial charge in [0.1, 0.15) is 18.2 Å². The summed E-state index contributed by atoms with van der Waals surface area (Å²) in [5, 5.41) is 0. The van der Waals surface area contributed by atoms with Gasteiger partial charge in [-0.15, -0.1) is 0 Å². The van der Waals surface area contributed by atoms with Crippen molar-refractivity contribution in [1.29, 1.82) is 0 Å². The largest absolute Gasteiger partial charge is 0.486 e. The van der Waals surface area contributed by atoms with Gasteiger partial charge < -0.3 is 4.74 Å². The van der Waals surface area contributed by atoms with Crippen LogP contribution in [0.1, 0.15) is 15.9 Å². The molecule has 0 saturated heterocycles. The number of carbonyl (C=O) groups excluding carboxylic acids is 1. The highest BCUT2D eigenvalue weighted by molar-refractivity contribution is 9.11. The van der Waals surface area contributed by atoms with Crippen LogP contribution in [0.5, 0.6) is 5.75 Å².